The summed E-state index contributed by atoms with van der Waals surface area (Å²) < 4.78 is 7.75. The third-order valence-corrected chi connectivity index (χ3v) is 5.96. The van der Waals surface area contributed by atoms with Crippen molar-refractivity contribution in [3.63, 3.8) is 0 Å². The lowest BCUT2D eigenvalue weighted by molar-refractivity contribution is -0.133. The molecule has 0 saturated heterocycles. The van der Waals surface area contributed by atoms with Crippen LogP contribution in [0.3, 0.4) is 0 Å². The molecule has 1 amide bonds. The van der Waals surface area contributed by atoms with Crippen LogP contribution in [0.1, 0.15) is 45.1 Å². The van der Waals surface area contributed by atoms with Gasteiger partial charge in [0.2, 0.25) is 5.95 Å². The average molecular weight is 406 g/mol. The van der Waals surface area contributed by atoms with Crippen LogP contribution < -0.4 is 15.0 Å². The smallest absolute Gasteiger partial charge is 0.272 e. The van der Waals surface area contributed by atoms with Gasteiger partial charge in [-0.1, -0.05) is 12.8 Å². The Labute approximate surface area is 175 Å². The van der Waals surface area contributed by atoms with Crippen molar-refractivity contribution in [2.45, 2.75) is 58.1 Å². The Morgan fingerprint density at radius 3 is 2.77 bits per heavy atom. The molecule has 1 aliphatic carbocycles. The van der Waals surface area contributed by atoms with Gasteiger partial charge in [-0.3, -0.25) is 14.4 Å². The molecule has 0 radical (unpaired) electrons. The molecule has 2 aliphatic rings. The second kappa shape index (κ2) is 6.68. The molecule has 30 heavy (non-hydrogen) atoms. The van der Waals surface area contributed by atoms with Crippen molar-refractivity contribution >= 4 is 34.3 Å². The van der Waals surface area contributed by atoms with E-state index in [9.17, 15) is 4.79 Å². The fourth-order valence-electron chi connectivity index (χ4n) is 4.44. The molecule has 0 unspecified atom stereocenters. The summed E-state index contributed by atoms with van der Waals surface area (Å²) in [4.78, 5) is 24.2. The maximum atomic E-state index is 13.2. The number of nitrogens with zero attached hydrogens (tertiary/aromatic N) is 5. The summed E-state index contributed by atoms with van der Waals surface area (Å²) in [5.41, 5.74) is 1.93. The third kappa shape index (κ3) is 3.07. The number of benzene rings is 1. The van der Waals surface area contributed by atoms with Gasteiger partial charge in [0.15, 0.2) is 17.2 Å². The zero-order valence-corrected chi connectivity index (χ0v) is 17.8. The monoisotopic (exact) mass is 406 g/mol. The number of rotatable bonds is 3. The molecule has 5 rings (SSSR count). The fraction of sp³-hybridized carbons (Fsp3) is 0.455. The molecular formula is C22H26N6O2. The molecule has 2 aromatic heterocycles. The molecule has 1 N–H and O–H groups in total. The summed E-state index contributed by atoms with van der Waals surface area (Å²) >= 11 is 0. The number of aromatic nitrogens is 4. The lowest BCUT2D eigenvalue weighted by Crippen LogP contribution is -2.55. The van der Waals surface area contributed by atoms with Crippen molar-refractivity contribution in [1.82, 2.24) is 19.7 Å². The minimum Gasteiger partial charge on any atom is -0.472 e. The van der Waals surface area contributed by atoms with Crippen LogP contribution in [-0.2, 0) is 11.8 Å². The van der Waals surface area contributed by atoms with Gasteiger partial charge in [-0.25, -0.2) is 4.98 Å². The zero-order valence-electron chi connectivity index (χ0n) is 17.8. The van der Waals surface area contributed by atoms with Crippen molar-refractivity contribution in [1.29, 1.82) is 0 Å². The van der Waals surface area contributed by atoms with E-state index in [0.717, 1.165) is 47.8 Å². The predicted octanol–water partition coefficient (Wildman–Crippen LogP) is 3.86. The second-order valence-corrected chi connectivity index (χ2v) is 8.76. The number of carbonyl (C=O) groups excluding carboxylic acids is 1. The van der Waals surface area contributed by atoms with E-state index in [-0.39, 0.29) is 11.9 Å². The number of fused-ring (bicyclic) bond motifs is 2. The number of aryl methyl sites for hydroxylation is 2. The molecule has 1 fully saturated rings. The molecule has 3 aromatic rings. The molecular weight excluding hydrogens is 380 g/mol. The highest BCUT2D eigenvalue weighted by molar-refractivity contribution is 6.02. The van der Waals surface area contributed by atoms with Crippen LogP contribution in [0.5, 0.6) is 5.75 Å². The molecule has 8 nitrogen and oxygen atoms in total. The van der Waals surface area contributed by atoms with Crippen LogP contribution in [0, 0.1) is 6.92 Å². The first-order chi connectivity index (χ1) is 14.3. The van der Waals surface area contributed by atoms with Gasteiger partial charge in [-0.15, -0.1) is 0 Å². The van der Waals surface area contributed by atoms with Crippen LogP contribution >= 0.6 is 0 Å². The number of amides is 1. The van der Waals surface area contributed by atoms with Crippen LogP contribution in [0.4, 0.5) is 17.5 Å². The van der Waals surface area contributed by atoms with E-state index in [2.05, 4.69) is 21.5 Å². The SMILES string of the molecule is Cc1cc2cn(C)nc2cc1Nc1ncc2c(n1)N(C1CCCC1)C(=O)C(C)(C)O2. The molecule has 1 saturated carbocycles. The topological polar surface area (TPSA) is 85.2 Å². The maximum Gasteiger partial charge on any atom is 0.272 e. The van der Waals surface area contributed by atoms with E-state index in [1.54, 1.807) is 24.7 Å². The fourth-order valence-corrected chi connectivity index (χ4v) is 4.44. The third-order valence-electron chi connectivity index (χ3n) is 5.96. The highest BCUT2D eigenvalue weighted by Crippen LogP contribution is 2.40. The summed E-state index contributed by atoms with van der Waals surface area (Å²) in [5, 5.41) is 8.87. The summed E-state index contributed by atoms with van der Waals surface area (Å²) in [6.07, 6.45) is 7.89. The number of carbonyl (C=O) groups is 1. The molecule has 0 atom stereocenters. The maximum absolute atomic E-state index is 13.2. The largest absolute Gasteiger partial charge is 0.472 e. The first-order valence-electron chi connectivity index (χ1n) is 10.4. The number of anilines is 3. The van der Waals surface area contributed by atoms with Crippen LogP contribution in [0.15, 0.2) is 24.5 Å². The lowest BCUT2D eigenvalue weighted by atomic mass is 10.0. The predicted molar refractivity (Wildman–Crippen MR) is 115 cm³/mol. The Bertz CT molecular complexity index is 1150. The van der Waals surface area contributed by atoms with Crippen LogP contribution in [0.2, 0.25) is 0 Å². The Kier molecular flexibility index (Phi) is 4.20. The van der Waals surface area contributed by atoms with Gasteiger partial charge < -0.3 is 10.1 Å². The van der Waals surface area contributed by atoms with Gasteiger partial charge in [-0.05, 0) is 51.3 Å². The first kappa shape index (κ1) is 18.8. The van der Waals surface area contributed by atoms with Crippen molar-refractivity contribution in [3.8, 4) is 5.75 Å². The van der Waals surface area contributed by atoms with Gasteiger partial charge in [-0.2, -0.15) is 10.1 Å². The first-order valence-corrected chi connectivity index (χ1v) is 10.4. The average Bonchev–Trinajstić information content (AvgIpc) is 3.32. The quantitative estimate of drug-likeness (QED) is 0.711. The molecule has 8 heteroatoms. The highest BCUT2D eigenvalue weighted by Gasteiger charge is 2.45. The Morgan fingerprint density at radius 2 is 2.00 bits per heavy atom. The Hall–Kier alpha value is -3.16. The van der Waals surface area contributed by atoms with Crippen molar-refractivity contribution in [3.05, 3.63) is 30.1 Å². The number of hydrogen-bond acceptors (Lipinski definition) is 6. The molecule has 1 aromatic carbocycles. The normalized spacial score (nSPS) is 18.5. The van der Waals surface area contributed by atoms with E-state index in [1.165, 1.54) is 0 Å². The standard InChI is InChI=1S/C22H26N6O2/c1-13-9-14-12-27(4)26-17(14)10-16(13)24-21-23-11-18-19(25-21)28(15-7-5-6-8-15)20(29)22(2,3)30-18/h9-12,15H,5-8H2,1-4H3,(H,23,24,25). The minimum atomic E-state index is -0.922. The van der Waals surface area contributed by atoms with Gasteiger partial charge in [0, 0.05) is 30.4 Å². The van der Waals surface area contributed by atoms with E-state index >= 15 is 0 Å². The zero-order chi connectivity index (χ0) is 21.0. The molecule has 156 valence electrons. The Balaban J connectivity index is 1.53. The summed E-state index contributed by atoms with van der Waals surface area (Å²) in [7, 11) is 1.91. The number of nitrogens with one attached hydrogen (secondary N) is 1. The van der Waals surface area contributed by atoms with E-state index in [4.69, 9.17) is 9.72 Å². The second-order valence-electron chi connectivity index (χ2n) is 8.76. The van der Waals surface area contributed by atoms with E-state index in [1.807, 2.05) is 31.1 Å². The lowest BCUT2D eigenvalue weighted by Gasteiger charge is -2.40. The molecule has 0 bridgehead atoms. The van der Waals surface area contributed by atoms with E-state index in [0.29, 0.717) is 17.5 Å². The number of hydrogen-bond donors (Lipinski definition) is 1. The van der Waals surface area contributed by atoms with Gasteiger partial charge >= 0.3 is 0 Å². The number of ether oxygens (including phenoxy) is 1. The van der Waals surface area contributed by atoms with E-state index < -0.39 is 5.60 Å². The van der Waals surface area contributed by atoms with Gasteiger partial charge in [0.1, 0.15) is 0 Å². The van der Waals surface area contributed by atoms with Crippen molar-refractivity contribution in [2.24, 2.45) is 7.05 Å². The van der Waals surface area contributed by atoms with Crippen molar-refractivity contribution in [2.75, 3.05) is 10.2 Å². The summed E-state index contributed by atoms with van der Waals surface area (Å²) in [5.74, 6) is 1.50. The van der Waals surface area contributed by atoms with Crippen LogP contribution in [0.25, 0.3) is 10.9 Å². The summed E-state index contributed by atoms with van der Waals surface area (Å²) in [6.45, 7) is 5.64. The van der Waals surface area contributed by atoms with Crippen LogP contribution in [-0.4, -0.2) is 37.3 Å². The minimum absolute atomic E-state index is 0.0439. The molecule has 0 spiro atoms. The summed E-state index contributed by atoms with van der Waals surface area (Å²) in [6, 6.07) is 4.24. The molecule has 3 heterocycles. The van der Waals surface area contributed by atoms with Crippen molar-refractivity contribution < 1.29 is 9.53 Å². The Morgan fingerprint density at radius 1 is 1.23 bits per heavy atom. The van der Waals surface area contributed by atoms with Gasteiger partial charge in [0.05, 0.1) is 11.7 Å². The van der Waals surface area contributed by atoms with Gasteiger partial charge in [0.25, 0.3) is 5.91 Å². The highest BCUT2D eigenvalue weighted by atomic mass is 16.5. The molecule has 1 aliphatic heterocycles.